The molecular formula is C11H23N4NaS2. The van der Waals surface area contributed by atoms with Crippen LogP contribution in [0, 0.1) is 0 Å². The number of aliphatic imine (C=N–C) groups is 2. The van der Waals surface area contributed by atoms with Gasteiger partial charge in [0.25, 0.3) is 0 Å². The number of amidine groups is 2. The van der Waals surface area contributed by atoms with Gasteiger partial charge >= 0.3 is 29.6 Å². The summed E-state index contributed by atoms with van der Waals surface area (Å²) < 4.78 is 0. The van der Waals surface area contributed by atoms with E-state index in [4.69, 9.17) is 0 Å². The van der Waals surface area contributed by atoms with Crippen LogP contribution in [-0.2, 0) is 0 Å². The van der Waals surface area contributed by atoms with E-state index in [1.54, 1.807) is 0 Å². The Hall–Kier alpha value is 0.800. The summed E-state index contributed by atoms with van der Waals surface area (Å²) in [4.78, 5) is 8.17. The molecule has 7 heteroatoms. The molecule has 0 atom stereocenters. The van der Waals surface area contributed by atoms with Crippen molar-refractivity contribution in [2.45, 2.75) is 45.4 Å². The molecule has 0 saturated heterocycles. The molecule has 1 heterocycles. The fourth-order valence-corrected chi connectivity index (χ4v) is 2.09. The van der Waals surface area contributed by atoms with Crippen LogP contribution in [-0.4, -0.2) is 58.1 Å². The molecule has 0 aliphatic carbocycles. The van der Waals surface area contributed by atoms with Gasteiger partial charge in [0, 0.05) is 6.54 Å². The molecule has 4 nitrogen and oxygen atoms in total. The second kappa shape index (κ2) is 11.6. The molecule has 1 rings (SSSR count). The summed E-state index contributed by atoms with van der Waals surface area (Å²) in [5.74, 6) is 0. The van der Waals surface area contributed by atoms with Crippen LogP contribution in [0.2, 0.25) is 0 Å². The maximum atomic E-state index is 4.27. The third-order valence-corrected chi connectivity index (χ3v) is 3.21. The molecule has 0 aromatic heterocycles. The van der Waals surface area contributed by atoms with Gasteiger partial charge in [0.2, 0.25) is 0 Å². The van der Waals surface area contributed by atoms with Gasteiger partial charge in [-0.05, 0) is 6.42 Å². The minimum atomic E-state index is 0. The molecular weight excluding hydrogens is 275 g/mol. The molecule has 1 aliphatic heterocycles. The van der Waals surface area contributed by atoms with E-state index >= 15 is 0 Å². The van der Waals surface area contributed by atoms with Crippen LogP contribution in [0.15, 0.2) is 9.98 Å². The van der Waals surface area contributed by atoms with Crippen molar-refractivity contribution in [3.05, 3.63) is 0 Å². The zero-order valence-electron chi connectivity index (χ0n) is 10.4. The van der Waals surface area contributed by atoms with Gasteiger partial charge in [-0.15, -0.1) is 25.3 Å². The van der Waals surface area contributed by atoms with Crippen molar-refractivity contribution in [2.24, 2.45) is 9.98 Å². The van der Waals surface area contributed by atoms with E-state index in [9.17, 15) is 0 Å². The summed E-state index contributed by atoms with van der Waals surface area (Å²) >= 11 is 8.35. The summed E-state index contributed by atoms with van der Waals surface area (Å²) in [5.41, 5.74) is 3.27. The third-order valence-electron chi connectivity index (χ3n) is 2.63. The predicted octanol–water partition coefficient (Wildman–Crippen LogP) is 2.05. The first-order valence-corrected chi connectivity index (χ1v) is 7.15. The van der Waals surface area contributed by atoms with Crippen LogP contribution in [0.4, 0.5) is 0 Å². The average molecular weight is 298 g/mol. The van der Waals surface area contributed by atoms with Crippen molar-refractivity contribution in [2.75, 3.05) is 13.2 Å². The number of hydrogen-bond donors (Lipinski definition) is 3. The zero-order valence-corrected chi connectivity index (χ0v) is 12.2. The molecule has 0 amide bonds. The number of unbranched alkanes of at least 4 members (excludes halogenated alkanes) is 5. The van der Waals surface area contributed by atoms with Gasteiger partial charge in [-0.3, -0.25) is 5.01 Å². The number of hydrazine groups is 1. The van der Waals surface area contributed by atoms with E-state index in [0.717, 1.165) is 6.54 Å². The number of thiol groups is 2. The van der Waals surface area contributed by atoms with Gasteiger partial charge < -0.3 is 0 Å². The van der Waals surface area contributed by atoms with Gasteiger partial charge in [0.15, 0.2) is 10.3 Å². The van der Waals surface area contributed by atoms with Gasteiger partial charge in [-0.2, -0.15) is 4.99 Å². The Balaban J connectivity index is 0.00000289. The van der Waals surface area contributed by atoms with Crippen molar-refractivity contribution in [1.29, 1.82) is 0 Å². The molecule has 1 aliphatic rings. The van der Waals surface area contributed by atoms with Crippen LogP contribution in [0.25, 0.3) is 0 Å². The standard InChI is InChI=1S/C11H22N4S2.Na.H/c1-2-3-4-5-6-7-8-13-15-9-12-10(16)14-11(15)17;;/h13H,2-9H2,1H3,(H2,12,14,16,17);;. The van der Waals surface area contributed by atoms with Gasteiger partial charge in [-0.1, -0.05) is 39.0 Å². The van der Waals surface area contributed by atoms with E-state index in [2.05, 4.69) is 47.6 Å². The maximum absolute atomic E-state index is 4.27. The van der Waals surface area contributed by atoms with Crippen molar-refractivity contribution in [1.82, 2.24) is 10.4 Å². The Morgan fingerprint density at radius 2 is 1.83 bits per heavy atom. The summed E-state index contributed by atoms with van der Waals surface area (Å²) in [7, 11) is 0. The predicted molar refractivity (Wildman–Crippen MR) is 88.1 cm³/mol. The van der Waals surface area contributed by atoms with Crippen LogP contribution in [0.5, 0.6) is 0 Å². The molecule has 0 aromatic carbocycles. The van der Waals surface area contributed by atoms with Gasteiger partial charge in [0.1, 0.15) is 6.67 Å². The molecule has 0 spiro atoms. The van der Waals surface area contributed by atoms with Crippen LogP contribution >= 0.6 is 25.3 Å². The molecule has 0 radical (unpaired) electrons. The molecule has 0 unspecified atom stereocenters. The van der Waals surface area contributed by atoms with Crippen molar-refractivity contribution in [3.8, 4) is 0 Å². The molecule has 0 saturated carbocycles. The first-order valence-electron chi connectivity index (χ1n) is 6.26. The molecule has 0 aromatic rings. The monoisotopic (exact) mass is 298 g/mol. The summed E-state index contributed by atoms with van der Waals surface area (Å²) in [5, 5.41) is 2.97. The fourth-order valence-electron chi connectivity index (χ4n) is 1.62. The normalized spacial score (nSPS) is 14.9. The molecule has 0 fully saturated rings. The second-order valence-corrected chi connectivity index (χ2v) is 4.92. The molecule has 100 valence electrons. The Morgan fingerprint density at radius 1 is 1.17 bits per heavy atom. The number of rotatable bonds is 8. The number of nitrogens with zero attached hydrogens (tertiary/aromatic N) is 3. The molecule has 1 N–H and O–H groups in total. The summed E-state index contributed by atoms with van der Waals surface area (Å²) in [6, 6.07) is 0. The molecule has 0 bridgehead atoms. The van der Waals surface area contributed by atoms with E-state index < -0.39 is 0 Å². The fraction of sp³-hybridized carbons (Fsp3) is 0.818. The van der Waals surface area contributed by atoms with Crippen LogP contribution in [0.3, 0.4) is 0 Å². The Morgan fingerprint density at radius 3 is 2.50 bits per heavy atom. The minimum absolute atomic E-state index is 0. The van der Waals surface area contributed by atoms with Crippen LogP contribution in [0.1, 0.15) is 45.4 Å². The Labute approximate surface area is 143 Å². The van der Waals surface area contributed by atoms with Gasteiger partial charge in [-0.25, -0.2) is 10.4 Å². The van der Waals surface area contributed by atoms with Crippen molar-refractivity contribution in [3.63, 3.8) is 0 Å². The van der Waals surface area contributed by atoms with Crippen molar-refractivity contribution < 1.29 is 0 Å². The van der Waals surface area contributed by atoms with E-state index in [-0.39, 0.29) is 29.6 Å². The number of nitrogens with one attached hydrogen (secondary N) is 1. The van der Waals surface area contributed by atoms with Gasteiger partial charge in [0.05, 0.1) is 0 Å². The van der Waals surface area contributed by atoms with E-state index in [0.29, 0.717) is 17.0 Å². The van der Waals surface area contributed by atoms with E-state index in [1.807, 2.05) is 5.01 Å². The SMILES string of the molecule is CCCCCCCCNN1CN=C(S)N=C1S.[NaH]. The first-order chi connectivity index (χ1) is 8.24. The van der Waals surface area contributed by atoms with Crippen LogP contribution < -0.4 is 5.43 Å². The summed E-state index contributed by atoms with van der Waals surface area (Å²) in [6.45, 7) is 3.72. The molecule has 18 heavy (non-hydrogen) atoms. The average Bonchev–Trinajstić information content (AvgIpc) is 2.30. The quantitative estimate of drug-likeness (QED) is 0.365. The second-order valence-electron chi connectivity index (χ2n) is 4.12. The number of hydrogen-bond acceptors (Lipinski definition) is 4. The van der Waals surface area contributed by atoms with Crippen molar-refractivity contribution >= 4 is 65.2 Å². The zero-order chi connectivity index (χ0) is 12.5. The Bertz CT molecular complexity index is 284. The van der Waals surface area contributed by atoms with E-state index in [1.165, 1.54) is 38.5 Å². The first kappa shape index (κ1) is 18.8. The third kappa shape index (κ3) is 8.07. The topological polar surface area (TPSA) is 40.0 Å². The summed E-state index contributed by atoms with van der Waals surface area (Å²) in [6.07, 6.45) is 7.80. The Kier molecular flexibility index (Phi) is 12.1.